The number of hydroxylamine groups is 2. The number of hydrazone groups is 1. The Morgan fingerprint density at radius 1 is 1.35 bits per heavy atom. The van der Waals surface area contributed by atoms with Crippen LogP contribution in [-0.2, 0) is 9.59 Å². The van der Waals surface area contributed by atoms with Gasteiger partial charge in [0, 0.05) is 13.5 Å². The highest BCUT2D eigenvalue weighted by Gasteiger charge is 2.57. The van der Waals surface area contributed by atoms with Crippen LogP contribution in [0.4, 0.5) is 5.69 Å². The van der Waals surface area contributed by atoms with E-state index in [0.717, 1.165) is 0 Å². The van der Waals surface area contributed by atoms with Crippen molar-refractivity contribution in [3.63, 3.8) is 0 Å². The zero-order valence-corrected chi connectivity index (χ0v) is 13.6. The number of nitrogens with zero attached hydrogens (tertiary/aromatic N) is 4. The molecule has 1 aliphatic rings. The number of carbonyl (C=O) groups is 2. The molecule has 0 radical (unpaired) electrons. The van der Waals surface area contributed by atoms with E-state index in [9.17, 15) is 14.8 Å². The Morgan fingerprint density at radius 3 is 2.48 bits per heavy atom. The van der Waals surface area contributed by atoms with Gasteiger partial charge in [-0.05, 0) is 32.9 Å². The van der Waals surface area contributed by atoms with Crippen molar-refractivity contribution in [3.05, 3.63) is 30.3 Å². The number of para-hydroxylation sites is 1. The normalized spacial score (nSPS) is 21.4. The van der Waals surface area contributed by atoms with Gasteiger partial charge in [0.25, 0.3) is 5.91 Å². The van der Waals surface area contributed by atoms with Crippen LogP contribution in [0.25, 0.3) is 0 Å². The summed E-state index contributed by atoms with van der Waals surface area (Å²) in [6.45, 7) is 6.63. The Kier molecular flexibility index (Phi) is 4.60. The fraction of sp³-hybridized carbons (Fsp3) is 0.375. The van der Waals surface area contributed by atoms with E-state index in [0.29, 0.717) is 28.7 Å². The maximum absolute atomic E-state index is 13.1. The summed E-state index contributed by atoms with van der Waals surface area (Å²) in [5, 5.41) is 16.2. The number of rotatable bonds is 4. The topological polar surface area (TPSA) is 85.6 Å². The summed E-state index contributed by atoms with van der Waals surface area (Å²) >= 11 is 0. The molecule has 7 nitrogen and oxygen atoms in total. The fourth-order valence-electron chi connectivity index (χ4n) is 2.72. The molecule has 0 aromatic heterocycles. The van der Waals surface area contributed by atoms with Crippen molar-refractivity contribution in [2.45, 2.75) is 33.2 Å². The number of carbonyl (C=O) groups excluding carboxylic acids is 2. The Bertz CT molecular complexity index is 684. The lowest BCUT2D eigenvalue weighted by atomic mass is 9.87. The molecule has 0 bridgehead atoms. The number of aliphatic imine (C=N–C) groups is 1. The molecule has 7 heteroatoms. The van der Waals surface area contributed by atoms with E-state index in [1.807, 2.05) is 13.0 Å². The minimum Gasteiger partial charge on any atom is -0.291 e. The average molecular weight is 316 g/mol. The van der Waals surface area contributed by atoms with Gasteiger partial charge in [-0.15, -0.1) is 0 Å². The maximum atomic E-state index is 13.1. The highest BCUT2D eigenvalue weighted by molar-refractivity contribution is 6.37. The van der Waals surface area contributed by atoms with Crippen LogP contribution >= 0.6 is 0 Å². The van der Waals surface area contributed by atoms with Crippen molar-refractivity contribution >= 4 is 28.9 Å². The third-order valence-electron chi connectivity index (χ3n) is 3.81. The molecule has 2 amide bonds. The number of hydrogen-bond donors (Lipinski definition) is 1. The predicted octanol–water partition coefficient (Wildman–Crippen LogP) is 1.87. The van der Waals surface area contributed by atoms with Crippen LogP contribution < -0.4 is 5.01 Å². The van der Waals surface area contributed by atoms with Crippen LogP contribution in [0.15, 0.2) is 40.4 Å². The van der Waals surface area contributed by atoms with Gasteiger partial charge >= 0.3 is 0 Å². The largest absolute Gasteiger partial charge is 0.291 e. The minimum absolute atomic E-state index is 0.291. The standard InChI is InChI=1S/C16H20N4O3/c1-5-17-11(2)16(20(23)13(4)21)12(3)18-19(15(16)22)14-9-7-6-8-10-14/h6-10,23H,5H2,1-4H3. The van der Waals surface area contributed by atoms with Gasteiger partial charge in [-0.3, -0.25) is 19.8 Å². The highest BCUT2D eigenvalue weighted by atomic mass is 16.5. The van der Waals surface area contributed by atoms with Crippen molar-refractivity contribution < 1.29 is 14.8 Å². The first-order chi connectivity index (χ1) is 10.9. The minimum atomic E-state index is -1.70. The zero-order chi connectivity index (χ0) is 17.2. The number of benzene rings is 1. The van der Waals surface area contributed by atoms with Crippen molar-refractivity contribution in [1.29, 1.82) is 0 Å². The summed E-state index contributed by atoms with van der Waals surface area (Å²) in [7, 11) is 0. The first-order valence-corrected chi connectivity index (χ1v) is 7.33. The lowest BCUT2D eigenvalue weighted by Gasteiger charge is -2.34. The monoisotopic (exact) mass is 316 g/mol. The van der Waals surface area contributed by atoms with Gasteiger partial charge in [0.1, 0.15) is 0 Å². The van der Waals surface area contributed by atoms with Gasteiger partial charge in [0.2, 0.25) is 11.4 Å². The van der Waals surface area contributed by atoms with Gasteiger partial charge in [0.05, 0.1) is 17.1 Å². The zero-order valence-electron chi connectivity index (χ0n) is 13.6. The van der Waals surface area contributed by atoms with Crippen LogP contribution in [0.2, 0.25) is 0 Å². The van der Waals surface area contributed by atoms with Gasteiger partial charge in [0.15, 0.2) is 0 Å². The quantitative estimate of drug-likeness (QED) is 0.523. The molecule has 1 N–H and O–H groups in total. The van der Waals surface area contributed by atoms with Crippen LogP contribution in [0, 0.1) is 0 Å². The molecule has 1 unspecified atom stereocenters. The molecule has 1 aromatic rings. The van der Waals surface area contributed by atoms with E-state index in [4.69, 9.17) is 0 Å². The van der Waals surface area contributed by atoms with Crippen LogP contribution in [0.1, 0.15) is 27.7 Å². The third-order valence-corrected chi connectivity index (χ3v) is 3.81. The molecule has 0 saturated carbocycles. The van der Waals surface area contributed by atoms with Crippen LogP contribution in [0.3, 0.4) is 0 Å². The number of anilines is 1. The molecule has 0 fully saturated rings. The molecule has 0 saturated heterocycles. The maximum Gasteiger partial charge on any atom is 0.287 e. The molecule has 2 rings (SSSR count). The molecule has 23 heavy (non-hydrogen) atoms. The second kappa shape index (κ2) is 6.29. The average Bonchev–Trinajstić information content (AvgIpc) is 2.80. The SMILES string of the molecule is CCN=C(C)C1(N(O)C(C)=O)C(=O)N(c2ccccc2)N=C1C. The first kappa shape index (κ1) is 16.8. The summed E-state index contributed by atoms with van der Waals surface area (Å²) < 4.78 is 0. The lowest BCUT2D eigenvalue weighted by Crippen LogP contribution is -2.64. The third kappa shape index (κ3) is 2.53. The Labute approximate surface area is 134 Å². The molecule has 1 aliphatic heterocycles. The molecular formula is C16H20N4O3. The van der Waals surface area contributed by atoms with E-state index in [1.165, 1.54) is 11.9 Å². The summed E-state index contributed by atoms with van der Waals surface area (Å²) in [5.41, 5.74) is -0.529. The Balaban J connectivity index is 2.61. The second-order valence-electron chi connectivity index (χ2n) is 5.24. The van der Waals surface area contributed by atoms with E-state index >= 15 is 0 Å². The predicted molar refractivity (Wildman–Crippen MR) is 87.7 cm³/mol. The summed E-state index contributed by atoms with van der Waals surface area (Å²) in [5.74, 6) is -1.19. The molecule has 1 atom stereocenters. The van der Waals surface area contributed by atoms with Crippen LogP contribution in [0.5, 0.6) is 0 Å². The van der Waals surface area contributed by atoms with Gasteiger partial charge in [-0.2, -0.15) is 15.2 Å². The van der Waals surface area contributed by atoms with Crippen molar-refractivity contribution in [2.75, 3.05) is 11.6 Å². The Hall–Kier alpha value is -2.54. The van der Waals surface area contributed by atoms with Crippen molar-refractivity contribution in [2.24, 2.45) is 10.1 Å². The van der Waals surface area contributed by atoms with E-state index in [1.54, 1.807) is 38.1 Å². The second-order valence-corrected chi connectivity index (χ2v) is 5.24. The smallest absolute Gasteiger partial charge is 0.287 e. The number of amides is 2. The van der Waals surface area contributed by atoms with Gasteiger partial charge in [-0.1, -0.05) is 18.2 Å². The van der Waals surface area contributed by atoms with Crippen molar-refractivity contribution in [1.82, 2.24) is 5.06 Å². The fourth-order valence-corrected chi connectivity index (χ4v) is 2.72. The summed E-state index contributed by atoms with van der Waals surface area (Å²) in [4.78, 5) is 29.1. The summed E-state index contributed by atoms with van der Waals surface area (Å²) in [6, 6.07) is 8.84. The molecule has 1 aromatic carbocycles. The van der Waals surface area contributed by atoms with Crippen molar-refractivity contribution in [3.8, 4) is 0 Å². The molecule has 122 valence electrons. The Morgan fingerprint density at radius 2 is 1.96 bits per heavy atom. The van der Waals surface area contributed by atoms with E-state index in [-0.39, 0.29) is 0 Å². The molecule has 0 spiro atoms. The molecular weight excluding hydrogens is 296 g/mol. The first-order valence-electron chi connectivity index (χ1n) is 7.33. The van der Waals surface area contributed by atoms with Crippen LogP contribution in [-0.4, -0.2) is 45.6 Å². The molecule has 0 aliphatic carbocycles. The van der Waals surface area contributed by atoms with E-state index in [2.05, 4.69) is 10.1 Å². The summed E-state index contributed by atoms with van der Waals surface area (Å²) in [6.07, 6.45) is 0. The van der Waals surface area contributed by atoms with Gasteiger partial charge < -0.3 is 0 Å². The van der Waals surface area contributed by atoms with E-state index < -0.39 is 17.4 Å². The molecule has 1 heterocycles. The number of hydrogen-bond acceptors (Lipinski definition) is 5. The van der Waals surface area contributed by atoms with Gasteiger partial charge in [-0.25, -0.2) is 0 Å². The lowest BCUT2D eigenvalue weighted by molar-refractivity contribution is -0.176. The highest BCUT2D eigenvalue weighted by Crippen LogP contribution is 2.31.